The van der Waals surface area contributed by atoms with Crippen LogP contribution in [0.15, 0.2) is 60.7 Å². The summed E-state index contributed by atoms with van der Waals surface area (Å²) in [5.41, 5.74) is 6.09. The van der Waals surface area contributed by atoms with Gasteiger partial charge >= 0.3 is 0 Å². The van der Waals surface area contributed by atoms with Crippen molar-refractivity contribution in [1.82, 2.24) is 5.32 Å². The number of thiophene rings is 1. The lowest BCUT2D eigenvalue weighted by molar-refractivity contribution is -0.120. The van der Waals surface area contributed by atoms with Gasteiger partial charge in [-0.1, -0.05) is 48.5 Å². The molecule has 3 aromatic rings. The van der Waals surface area contributed by atoms with E-state index in [0.717, 1.165) is 10.1 Å². The Morgan fingerprint density at radius 1 is 1.00 bits per heavy atom. The minimum Gasteiger partial charge on any atom is -0.368 e. The topological polar surface area (TPSA) is 72.2 Å². The van der Waals surface area contributed by atoms with E-state index in [2.05, 4.69) is 5.32 Å². The maximum atomic E-state index is 12.4. The highest BCUT2D eigenvalue weighted by Gasteiger charge is 2.21. The molecule has 1 atom stereocenters. The number of nitrogens with one attached hydrogen (secondary N) is 1. The number of carbonyl (C=O) groups excluding carboxylic acids is 2. The summed E-state index contributed by atoms with van der Waals surface area (Å²) in [6.45, 7) is 0. The molecule has 110 valence electrons. The van der Waals surface area contributed by atoms with Crippen LogP contribution in [-0.4, -0.2) is 11.8 Å². The molecular formula is C17H14N2O2S. The van der Waals surface area contributed by atoms with Crippen LogP contribution in [0.1, 0.15) is 21.3 Å². The maximum Gasteiger partial charge on any atom is 0.262 e. The van der Waals surface area contributed by atoms with Gasteiger partial charge in [0, 0.05) is 4.70 Å². The molecule has 0 radical (unpaired) electrons. The smallest absolute Gasteiger partial charge is 0.262 e. The van der Waals surface area contributed by atoms with Crippen molar-refractivity contribution < 1.29 is 9.59 Å². The third-order valence-corrected chi connectivity index (χ3v) is 4.46. The maximum absolute atomic E-state index is 12.4. The number of amides is 2. The minimum absolute atomic E-state index is 0.297. The van der Waals surface area contributed by atoms with E-state index < -0.39 is 11.9 Å². The summed E-state index contributed by atoms with van der Waals surface area (Å²) in [7, 11) is 0. The molecule has 1 aromatic heterocycles. The first-order valence-electron chi connectivity index (χ1n) is 6.79. The number of primary amides is 1. The van der Waals surface area contributed by atoms with Crippen LogP contribution < -0.4 is 11.1 Å². The molecule has 1 unspecified atom stereocenters. The zero-order chi connectivity index (χ0) is 15.5. The fourth-order valence-corrected chi connectivity index (χ4v) is 3.23. The fourth-order valence-electron chi connectivity index (χ4n) is 2.26. The predicted octanol–water partition coefficient (Wildman–Crippen LogP) is 2.86. The minimum atomic E-state index is -0.834. The quantitative estimate of drug-likeness (QED) is 0.778. The number of hydrogen-bond donors (Lipinski definition) is 2. The molecule has 3 N–H and O–H groups in total. The van der Waals surface area contributed by atoms with Gasteiger partial charge in [0.1, 0.15) is 6.04 Å². The van der Waals surface area contributed by atoms with Crippen LogP contribution in [0.4, 0.5) is 0 Å². The van der Waals surface area contributed by atoms with Crippen LogP contribution in [0.5, 0.6) is 0 Å². The molecule has 3 rings (SSSR count). The van der Waals surface area contributed by atoms with Gasteiger partial charge in [-0.25, -0.2) is 0 Å². The van der Waals surface area contributed by atoms with E-state index in [1.54, 1.807) is 24.3 Å². The number of fused-ring (bicyclic) bond motifs is 1. The Morgan fingerprint density at radius 3 is 2.36 bits per heavy atom. The summed E-state index contributed by atoms with van der Waals surface area (Å²) in [6, 6.07) is 17.7. The van der Waals surface area contributed by atoms with Crippen molar-refractivity contribution >= 4 is 33.2 Å². The Morgan fingerprint density at radius 2 is 1.68 bits per heavy atom. The lowest BCUT2D eigenvalue weighted by atomic mass is 10.1. The third-order valence-electron chi connectivity index (χ3n) is 3.34. The Labute approximate surface area is 131 Å². The monoisotopic (exact) mass is 310 g/mol. The van der Waals surface area contributed by atoms with E-state index in [9.17, 15) is 9.59 Å². The molecule has 0 aliphatic carbocycles. The molecule has 22 heavy (non-hydrogen) atoms. The Kier molecular flexibility index (Phi) is 3.89. The van der Waals surface area contributed by atoms with Gasteiger partial charge in [0.25, 0.3) is 5.91 Å². The van der Waals surface area contributed by atoms with Crippen molar-refractivity contribution in [3.05, 3.63) is 71.1 Å². The lowest BCUT2D eigenvalue weighted by Crippen LogP contribution is -2.37. The van der Waals surface area contributed by atoms with E-state index in [-0.39, 0.29) is 5.91 Å². The number of nitrogens with two attached hydrogens (primary N) is 1. The van der Waals surface area contributed by atoms with Gasteiger partial charge in [-0.15, -0.1) is 11.3 Å². The molecule has 2 aromatic carbocycles. The van der Waals surface area contributed by atoms with Gasteiger partial charge in [0.2, 0.25) is 5.91 Å². The standard InChI is InChI=1S/C17H14N2O2S/c18-16(20)15(11-6-2-1-3-7-11)19-17(21)14-10-12-8-4-5-9-13(12)22-14/h1-10,15H,(H2,18,20)(H,19,21). The van der Waals surface area contributed by atoms with Crippen LogP contribution in [0.25, 0.3) is 10.1 Å². The van der Waals surface area contributed by atoms with Gasteiger partial charge in [-0.2, -0.15) is 0 Å². The highest BCUT2D eigenvalue weighted by Crippen LogP contribution is 2.25. The van der Waals surface area contributed by atoms with Crippen molar-refractivity contribution in [2.24, 2.45) is 5.73 Å². The second-order valence-corrected chi connectivity index (χ2v) is 5.95. The molecule has 0 aliphatic rings. The zero-order valence-corrected chi connectivity index (χ0v) is 12.5. The van der Waals surface area contributed by atoms with Crippen molar-refractivity contribution in [2.75, 3.05) is 0 Å². The average molecular weight is 310 g/mol. The van der Waals surface area contributed by atoms with Crippen LogP contribution in [0.2, 0.25) is 0 Å². The van der Waals surface area contributed by atoms with Crippen molar-refractivity contribution in [1.29, 1.82) is 0 Å². The zero-order valence-electron chi connectivity index (χ0n) is 11.7. The first-order chi connectivity index (χ1) is 10.6. The van der Waals surface area contributed by atoms with E-state index in [0.29, 0.717) is 10.4 Å². The van der Waals surface area contributed by atoms with E-state index in [4.69, 9.17) is 5.73 Å². The molecular weight excluding hydrogens is 296 g/mol. The third kappa shape index (κ3) is 2.84. The van der Waals surface area contributed by atoms with Crippen LogP contribution >= 0.6 is 11.3 Å². The summed E-state index contributed by atoms with van der Waals surface area (Å²) >= 11 is 1.39. The van der Waals surface area contributed by atoms with Gasteiger partial charge < -0.3 is 11.1 Å². The molecule has 0 saturated carbocycles. The fraction of sp³-hybridized carbons (Fsp3) is 0.0588. The normalized spacial score (nSPS) is 12.0. The van der Waals surface area contributed by atoms with E-state index >= 15 is 0 Å². The summed E-state index contributed by atoms with van der Waals surface area (Å²) in [5.74, 6) is -0.880. The largest absolute Gasteiger partial charge is 0.368 e. The number of rotatable bonds is 4. The highest BCUT2D eigenvalue weighted by molar-refractivity contribution is 7.20. The van der Waals surface area contributed by atoms with Gasteiger partial charge in [0.05, 0.1) is 4.88 Å². The van der Waals surface area contributed by atoms with Crippen LogP contribution in [0.3, 0.4) is 0 Å². The summed E-state index contributed by atoms with van der Waals surface area (Å²) in [4.78, 5) is 24.6. The molecule has 0 fully saturated rings. The molecule has 5 heteroatoms. The van der Waals surface area contributed by atoms with Crippen LogP contribution in [-0.2, 0) is 4.79 Å². The second kappa shape index (κ2) is 5.99. The molecule has 0 spiro atoms. The molecule has 2 amide bonds. The summed E-state index contributed by atoms with van der Waals surface area (Å²) in [6.07, 6.45) is 0. The average Bonchev–Trinajstić information content (AvgIpc) is 2.97. The Bertz CT molecular complexity index is 794. The summed E-state index contributed by atoms with van der Waals surface area (Å²) < 4.78 is 1.03. The molecule has 0 aliphatic heterocycles. The number of carbonyl (C=O) groups is 2. The molecule has 0 bridgehead atoms. The SMILES string of the molecule is NC(=O)C(NC(=O)c1cc2ccccc2s1)c1ccccc1. The second-order valence-electron chi connectivity index (χ2n) is 4.87. The highest BCUT2D eigenvalue weighted by atomic mass is 32.1. The van der Waals surface area contributed by atoms with Crippen molar-refractivity contribution in [3.63, 3.8) is 0 Å². The first kappa shape index (κ1) is 14.3. The summed E-state index contributed by atoms with van der Waals surface area (Å²) in [5, 5.41) is 3.71. The Hall–Kier alpha value is -2.66. The van der Waals surface area contributed by atoms with Crippen molar-refractivity contribution in [3.8, 4) is 0 Å². The number of hydrogen-bond acceptors (Lipinski definition) is 3. The molecule has 1 heterocycles. The van der Waals surface area contributed by atoms with E-state index in [1.807, 2.05) is 36.4 Å². The molecule has 4 nitrogen and oxygen atoms in total. The first-order valence-corrected chi connectivity index (χ1v) is 7.60. The Balaban J connectivity index is 1.86. The lowest BCUT2D eigenvalue weighted by Gasteiger charge is -2.15. The van der Waals surface area contributed by atoms with Crippen molar-refractivity contribution in [2.45, 2.75) is 6.04 Å². The predicted molar refractivity (Wildman–Crippen MR) is 87.7 cm³/mol. The van der Waals surface area contributed by atoms with E-state index in [1.165, 1.54) is 11.3 Å². The number of benzene rings is 2. The van der Waals surface area contributed by atoms with Gasteiger partial charge in [-0.05, 0) is 23.1 Å². The van der Waals surface area contributed by atoms with Crippen LogP contribution in [0, 0.1) is 0 Å². The van der Waals surface area contributed by atoms with Gasteiger partial charge in [-0.3, -0.25) is 9.59 Å². The van der Waals surface area contributed by atoms with Gasteiger partial charge in [0.15, 0.2) is 0 Å². The molecule has 0 saturated heterocycles.